The topological polar surface area (TPSA) is 103 Å². The van der Waals surface area contributed by atoms with Crippen LogP contribution in [0.2, 0.25) is 0 Å². The first kappa shape index (κ1) is 13.7. The monoisotopic (exact) mass is 288 g/mol. The number of benzene rings is 1. The second kappa shape index (κ2) is 5.27. The molecule has 110 valence electrons. The highest BCUT2D eigenvalue weighted by Crippen LogP contribution is 2.31. The van der Waals surface area contributed by atoms with E-state index >= 15 is 0 Å². The minimum Gasteiger partial charge on any atom is -0.377 e. The maximum absolute atomic E-state index is 11.1. The molecule has 0 saturated carbocycles. The van der Waals surface area contributed by atoms with Crippen LogP contribution >= 0.6 is 0 Å². The summed E-state index contributed by atoms with van der Waals surface area (Å²) < 4.78 is 5.09. The number of aliphatic imine (C=N–C) groups is 1. The quantitative estimate of drug-likeness (QED) is 0.637. The summed E-state index contributed by atoms with van der Waals surface area (Å²) in [7, 11) is 0. The summed E-state index contributed by atoms with van der Waals surface area (Å²) in [5.41, 5.74) is 5.84. The van der Waals surface area contributed by atoms with Gasteiger partial charge >= 0.3 is 0 Å². The van der Waals surface area contributed by atoms with Crippen LogP contribution in [0.15, 0.2) is 41.2 Å². The molecule has 0 spiro atoms. The number of nitro groups is 1. The van der Waals surface area contributed by atoms with E-state index in [9.17, 15) is 10.1 Å². The molecule has 1 saturated heterocycles. The van der Waals surface area contributed by atoms with Crippen molar-refractivity contribution in [3.63, 3.8) is 0 Å². The number of para-hydroxylation sites is 1. The van der Waals surface area contributed by atoms with Crippen LogP contribution in [0.5, 0.6) is 0 Å². The summed E-state index contributed by atoms with van der Waals surface area (Å²) in [4.78, 5) is 15.0. The standard InChI is InChI=1S/C14H16N4O3/c15-14(11-3-1-2-4-12(11)18(19)20)6-5-13(16-9-14)17-10-7-21-8-10/h1-5,9-10,17H,6-8,15H2. The third kappa shape index (κ3) is 2.65. The van der Waals surface area contributed by atoms with Gasteiger partial charge in [0, 0.05) is 12.3 Å². The number of nitrogens with two attached hydrogens (primary N) is 1. The Hall–Kier alpha value is -2.25. The van der Waals surface area contributed by atoms with Crippen molar-refractivity contribution in [1.29, 1.82) is 0 Å². The van der Waals surface area contributed by atoms with Gasteiger partial charge in [-0.25, -0.2) is 4.99 Å². The lowest BCUT2D eigenvalue weighted by Crippen LogP contribution is -2.46. The van der Waals surface area contributed by atoms with Crippen LogP contribution in [-0.4, -0.2) is 30.4 Å². The first-order valence-electron chi connectivity index (χ1n) is 6.71. The predicted octanol–water partition coefficient (Wildman–Crippen LogP) is 1.05. The van der Waals surface area contributed by atoms with E-state index < -0.39 is 10.5 Å². The van der Waals surface area contributed by atoms with Crippen molar-refractivity contribution < 1.29 is 9.66 Å². The molecule has 1 atom stereocenters. The van der Waals surface area contributed by atoms with E-state index in [1.165, 1.54) is 6.07 Å². The van der Waals surface area contributed by atoms with E-state index in [4.69, 9.17) is 10.5 Å². The van der Waals surface area contributed by atoms with Crippen molar-refractivity contribution in [2.45, 2.75) is 18.0 Å². The van der Waals surface area contributed by atoms with E-state index in [0.29, 0.717) is 25.2 Å². The number of ether oxygens (including phenoxy) is 1. The van der Waals surface area contributed by atoms with Gasteiger partial charge in [-0.05, 0) is 18.6 Å². The van der Waals surface area contributed by atoms with Crippen molar-refractivity contribution in [2.75, 3.05) is 13.2 Å². The largest absolute Gasteiger partial charge is 0.377 e. The Morgan fingerprint density at radius 2 is 2.19 bits per heavy atom. The summed E-state index contributed by atoms with van der Waals surface area (Å²) in [5, 5.41) is 14.4. The fourth-order valence-corrected chi connectivity index (χ4v) is 2.39. The van der Waals surface area contributed by atoms with E-state index in [2.05, 4.69) is 10.3 Å². The highest BCUT2D eigenvalue weighted by Gasteiger charge is 2.33. The second-order valence-electron chi connectivity index (χ2n) is 5.25. The average molecular weight is 288 g/mol. The average Bonchev–Trinajstić information content (AvgIpc) is 2.45. The number of nitro benzene ring substituents is 1. The number of rotatable bonds is 4. The third-order valence-electron chi connectivity index (χ3n) is 3.66. The fraction of sp³-hybridized carbons (Fsp3) is 0.357. The molecule has 1 fully saturated rings. The lowest BCUT2D eigenvalue weighted by Gasteiger charge is -2.31. The maximum atomic E-state index is 11.1. The zero-order valence-electron chi connectivity index (χ0n) is 11.4. The van der Waals surface area contributed by atoms with Gasteiger partial charge < -0.3 is 15.8 Å². The van der Waals surface area contributed by atoms with Crippen LogP contribution < -0.4 is 11.1 Å². The molecule has 0 aliphatic carbocycles. The summed E-state index contributed by atoms with van der Waals surface area (Å²) in [5.74, 6) is 0.739. The molecular weight excluding hydrogens is 272 g/mol. The van der Waals surface area contributed by atoms with Crippen LogP contribution in [0.25, 0.3) is 0 Å². The van der Waals surface area contributed by atoms with Crippen molar-refractivity contribution in [1.82, 2.24) is 5.32 Å². The smallest absolute Gasteiger partial charge is 0.274 e. The molecule has 3 rings (SSSR count). The second-order valence-corrected chi connectivity index (χ2v) is 5.25. The van der Waals surface area contributed by atoms with Gasteiger partial charge in [-0.1, -0.05) is 12.1 Å². The predicted molar refractivity (Wildman–Crippen MR) is 77.9 cm³/mol. The van der Waals surface area contributed by atoms with E-state index in [1.807, 2.05) is 6.08 Å². The zero-order valence-corrected chi connectivity index (χ0v) is 11.4. The van der Waals surface area contributed by atoms with Gasteiger partial charge in [-0.2, -0.15) is 0 Å². The summed E-state index contributed by atoms with van der Waals surface area (Å²) in [6.45, 7) is 1.34. The van der Waals surface area contributed by atoms with E-state index in [1.54, 1.807) is 24.4 Å². The van der Waals surface area contributed by atoms with Gasteiger partial charge in [-0.3, -0.25) is 10.1 Å². The summed E-state index contributed by atoms with van der Waals surface area (Å²) >= 11 is 0. The first-order chi connectivity index (χ1) is 10.1. The van der Waals surface area contributed by atoms with Crippen molar-refractivity contribution in [2.24, 2.45) is 10.7 Å². The van der Waals surface area contributed by atoms with Gasteiger partial charge in [0.05, 0.1) is 35.3 Å². The van der Waals surface area contributed by atoms with E-state index in [0.717, 1.165) is 5.82 Å². The minimum absolute atomic E-state index is 0.0173. The number of hydrogen-bond acceptors (Lipinski definition) is 6. The van der Waals surface area contributed by atoms with Gasteiger partial charge in [0.25, 0.3) is 5.69 Å². The van der Waals surface area contributed by atoms with Gasteiger partial charge in [0.1, 0.15) is 5.82 Å². The molecule has 21 heavy (non-hydrogen) atoms. The van der Waals surface area contributed by atoms with Crippen molar-refractivity contribution in [3.05, 3.63) is 51.8 Å². The van der Waals surface area contributed by atoms with Crippen LogP contribution in [-0.2, 0) is 10.3 Å². The summed E-state index contributed by atoms with van der Waals surface area (Å²) in [6.07, 6.45) is 3.91. The molecule has 1 unspecified atom stereocenters. The number of hydrogen-bond donors (Lipinski definition) is 2. The Morgan fingerprint density at radius 3 is 2.76 bits per heavy atom. The molecule has 2 aliphatic heterocycles. The molecule has 0 aromatic heterocycles. The van der Waals surface area contributed by atoms with Crippen LogP contribution in [0.3, 0.4) is 0 Å². The molecular formula is C14H16N4O3. The van der Waals surface area contributed by atoms with E-state index in [-0.39, 0.29) is 11.7 Å². The molecule has 7 nitrogen and oxygen atoms in total. The number of nitrogens with zero attached hydrogens (tertiary/aromatic N) is 2. The number of nitrogens with one attached hydrogen (secondary N) is 1. The highest BCUT2D eigenvalue weighted by atomic mass is 16.6. The van der Waals surface area contributed by atoms with Crippen LogP contribution in [0.1, 0.15) is 12.0 Å². The van der Waals surface area contributed by atoms with Crippen LogP contribution in [0.4, 0.5) is 5.69 Å². The molecule has 2 heterocycles. The molecule has 1 aromatic carbocycles. The van der Waals surface area contributed by atoms with Gasteiger partial charge in [-0.15, -0.1) is 0 Å². The molecule has 3 N–H and O–H groups in total. The van der Waals surface area contributed by atoms with Gasteiger partial charge in [0.2, 0.25) is 0 Å². The Balaban J connectivity index is 1.81. The lowest BCUT2D eigenvalue weighted by molar-refractivity contribution is -0.385. The Kier molecular flexibility index (Phi) is 3.44. The maximum Gasteiger partial charge on any atom is 0.274 e. The van der Waals surface area contributed by atoms with Crippen molar-refractivity contribution >= 4 is 11.9 Å². The molecule has 0 bridgehead atoms. The van der Waals surface area contributed by atoms with Gasteiger partial charge in [0.15, 0.2) is 0 Å². The van der Waals surface area contributed by atoms with Crippen LogP contribution in [0, 0.1) is 10.1 Å². The Bertz CT molecular complexity index is 624. The van der Waals surface area contributed by atoms with Crippen molar-refractivity contribution in [3.8, 4) is 0 Å². The highest BCUT2D eigenvalue weighted by molar-refractivity contribution is 5.77. The zero-order chi connectivity index (χ0) is 14.9. The molecule has 7 heteroatoms. The molecule has 0 amide bonds. The molecule has 0 radical (unpaired) electrons. The Labute approximate surface area is 121 Å². The SMILES string of the molecule is NC1(c2ccccc2[N+](=O)[O-])C=NC(NC2COC2)=CC1. The normalized spacial score (nSPS) is 25.1. The Morgan fingerprint density at radius 1 is 1.43 bits per heavy atom. The fourth-order valence-electron chi connectivity index (χ4n) is 2.39. The molecule has 1 aromatic rings. The molecule has 2 aliphatic rings. The minimum atomic E-state index is -0.953. The lowest BCUT2D eigenvalue weighted by atomic mass is 9.86. The first-order valence-corrected chi connectivity index (χ1v) is 6.71. The third-order valence-corrected chi connectivity index (χ3v) is 3.66. The summed E-state index contributed by atoms with van der Waals surface area (Å²) in [6, 6.07) is 6.79.